The Hall–Kier alpha value is -1.95. The molecule has 0 bridgehead atoms. The van der Waals surface area contributed by atoms with Gasteiger partial charge in [-0.3, -0.25) is 4.79 Å². The first-order chi connectivity index (χ1) is 13.5. The zero-order valence-corrected chi connectivity index (χ0v) is 17.5. The van der Waals surface area contributed by atoms with Crippen LogP contribution in [0.4, 0.5) is 0 Å². The lowest BCUT2D eigenvalue weighted by molar-refractivity contribution is -0.125. The third kappa shape index (κ3) is 6.89. The van der Waals surface area contributed by atoms with E-state index in [0.29, 0.717) is 24.7 Å². The number of halogens is 1. The summed E-state index contributed by atoms with van der Waals surface area (Å²) in [6.45, 7) is 4.40. The van der Waals surface area contributed by atoms with Gasteiger partial charge in [-0.05, 0) is 38.3 Å². The van der Waals surface area contributed by atoms with Crippen LogP contribution in [0.3, 0.4) is 0 Å². The molecule has 0 saturated heterocycles. The van der Waals surface area contributed by atoms with Gasteiger partial charge in [-0.25, -0.2) is 4.79 Å². The second-order valence-corrected chi connectivity index (χ2v) is 7.31. The molecule has 0 aliphatic heterocycles. The number of hydrogen-bond donors (Lipinski definition) is 1. The molecule has 7 heteroatoms. The maximum Gasteiger partial charge on any atom is 0.338 e. The Morgan fingerprint density at radius 1 is 1.11 bits per heavy atom. The van der Waals surface area contributed by atoms with Crippen LogP contribution in [0.5, 0.6) is 11.5 Å². The fourth-order valence-corrected chi connectivity index (χ4v) is 3.47. The summed E-state index contributed by atoms with van der Waals surface area (Å²) in [5.74, 6) is -0.105. The van der Waals surface area contributed by atoms with E-state index in [9.17, 15) is 9.59 Å². The van der Waals surface area contributed by atoms with Crippen molar-refractivity contribution in [3.05, 3.63) is 22.7 Å². The second-order valence-electron chi connectivity index (χ2n) is 6.90. The third-order valence-electron chi connectivity index (χ3n) is 4.55. The minimum Gasteiger partial charge on any atom is -0.490 e. The standard InChI is InChI=1S/C21H30ClNO5/c1-3-11-27-20-17(22)12-15(13-18(20)26-4-2)21(25)28-14-19(24)23-16-9-7-5-6-8-10-16/h12-13,16H,3-11,14H2,1-2H3,(H,23,24). The van der Waals surface area contributed by atoms with Gasteiger partial charge in [-0.1, -0.05) is 44.2 Å². The summed E-state index contributed by atoms with van der Waals surface area (Å²) >= 11 is 6.27. The van der Waals surface area contributed by atoms with E-state index in [2.05, 4.69) is 5.32 Å². The van der Waals surface area contributed by atoms with E-state index in [-0.39, 0.29) is 29.1 Å². The van der Waals surface area contributed by atoms with Crippen LogP contribution in [0, 0.1) is 0 Å². The van der Waals surface area contributed by atoms with Crippen LogP contribution in [0.2, 0.25) is 5.02 Å². The molecule has 2 rings (SSSR count). The molecule has 1 aliphatic rings. The smallest absolute Gasteiger partial charge is 0.338 e. The lowest BCUT2D eigenvalue weighted by atomic mass is 10.1. The molecule has 1 aliphatic carbocycles. The highest BCUT2D eigenvalue weighted by Gasteiger charge is 2.19. The fraction of sp³-hybridized carbons (Fsp3) is 0.619. The summed E-state index contributed by atoms with van der Waals surface area (Å²) < 4.78 is 16.3. The first kappa shape index (κ1) is 22.3. The molecule has 1 amide bonds. The van der Waals surface area contributed by atoms with Gasteiger partial charge in [-0.2, -0.15) is 0 Å². The molecule has 6 nitrogen and oxygen atoms in total. The van der Waals surface area contributed by atoms with Crippen molar-refractivity contribution in [3.63, 3.8) is 0 Å². The molecule has 1 fully saturated rings. The van der Waals surface area contributed by atoms with E-state index in [0.717, 1.165) is 32.1 Å². The number of amides is 1. The summed E-state index contributed by atoms with van der Waals surface area (Å²) in [7, 11) is 0. The molecule has 1 N–H and O–H groups in total. The van der Waals surface area contributed by atoms with Crippen LogP contribution < -0.4 is 14.8 Å². The Bertz CT molecular complexity index is 656. The number of esters is 1. The normalized spacial score (nSPS) is 14.8. The number of ether oxygens (including phenoxy) is 3. The highest BCUT2D eigenvalue weighted by Crippen LogP contribution is 2.37. The van der Waals surface area contributed by atoms with Crippen molar-refractivity contribution in [2.45, 2.75) is 64.8 Å². The van der Waals surface area contributed by atoms with Crippen LogP contribution in [0.1, 0.15) is 69.2 Å². The Balaban J connectivity index is 1.95. The van der Waals surface area contributed by atoms with Gasteiger partial charge < -0.3 is 19.5 Å². The minimum absolute atomic E-state index is 0.169. The summed E-state index contributed by atoms with van der Waals surface area (Å²) in [5.41, 5.74) is 0.222. The number of carbonyl (C=O) groups excluding carboxylic acids is 2. The first-order valence-corrected chi connectivity index (χ1v) is 10.5. The maximum atomic E-state index is 12.4. The van der Waals surface area contributed by atoms with Gasteiger partial charge in [0.25, 0.3) is 5.91 Å². The number of nitrogens with one attached hydrogen (secondary N) is 1. The number of carbonyl (C=O) groups is 2. The molecule has 1 aromatic rings. The van der Waals surface area contributed by atoms with Gasteiger partial charge in [0.05, 0.1) is 23.8 Å². The van der Waals surface area contributed by atoms with E-state index >= 15 is 0 Å². The minimum atomic E-state index is -0.624. The van der Waals surface area contributed by atoms with Gasteiger partial charge in [0, 0.05) is 6.04 Å². The quantitative estimate of drug-likeness (QED) is 0.477. The Labute approximate surface area is 171 Å². The van der Waals surface area contributed by atoms with Crippen LogP contribution in [-0.2, 0) is 9.53 Å². The zero-order valence-electron chi connectivity index (χ0n) is 16.7. The number of benzene rings is 1. The molecule has 156 valence electrons. The largest absolute Gasteiger partial charge is 0.490 e. The van der Waals surface area contributed by atoms with E-state index in [1.165, 1.54) is 25.0 Å². The van der Waals surface area contributed by atoms with Gasteiger partial charge in [0.15, 0.2) is 18.1 Å². The summed E-state index contributed by atoms with van der Waals surface area (Å²) in [6.07, 6.45) is 7.44. The van der Waals surface area contributed by atoms with Crippen LogP contribution in [0.15, 0.2) is 12.1 Å². The average Bonchev–Trinajstić information content (AvgIpc) is 2.94. The first-order valence-electron chi connectivity index (χ1n) is 10.1. The van der Waals surface area contributed by atoms with Gasteiger partial charge >= 0.3 is 5.97 Å². The molecule has 1 aromatic carbocycles. The van der Waals surface area contributed by atoms with Crippen LogP contribution in [0.25, 0.3) is 0 Å². The lowest BCUT2D eigenvalue weighted by Crippen LogP contribution is -2.37. The average molecular weight is 412 g/mol. The van der Waals surface area contributed by atoms with Crippen molar-refractivity contribution >= 4 is 23.5 Å². The van der Waals surface area contributed by atoms with Crippen LogP contribution in [-0.4, -0.2) is 37.7 Å². The Morgan fingerprint density at radius 2 is 1.82 bits per heavy atom. The topological polar surface area (TPSA) is 73.9 Å². The molecule has 0 atom stereocenters. The SMILES string of the molecule is CCCOc1c(Cl)cc(C(=O)OCC(=O)NC2CCCCCC2)cc1OCC. The van der Waals surface area contributed by atoms with Crippen molar-refractivity contribution in [3.8, 4) is 11.5 Å². The van der Waals surface area contributed by atoms with Gasteiger partial charge in [0.1, 0.15) is 0 Å². The Morgan fingerprint density at radius 3 is 2.46 bits per heavy atom. The summed E-state index contributed by atoms with van der Waals surface area (Å²) in [5, 5.41) is 3.23. The molecule has 0 radical (unpaired) electrons. The molecule has 0 aromatic heterocycles. The predicted octanol–water partition coefficient (Wildman–Crippen LogP) is 4.52. The van der Waals surface area contributed by atoms with Crippen LogP contribution >= 0.6 is 11.6 Å². The van der Waals surface area contributed by atoms with Crippen molar-refractivity contribution in [2.24, 2.45) is 0 Å². The van der Waals surface area contributed by atoms with Crippen molar-refractivity contribution in [1.82, 2.24) is 5.32 Å². The highest BCUT2D eigenvalue weighted by molar-refractivity contribution is 6.32. The van der Waals surface area contributed by atoms with Crippen molar-refractivity contribution < 1.29 is 23.8 Å². The van der Waals surface area contributed by atoms with Gasteiger partial charge in [-0.15, -0.1) is 0 Å². The van der Waals surface area contributed by atoms with Crippen molar-refractivity contribution in [1.29, 1.82) is 0 Å². The summed E-state index contributed by atoms with van der Waals surface area (Å²) in [6, 6.07) is 3.18. The molecule has 1 saturated carbocycles. The monoisotopic (exact) mass is 411 g/mol. The predicted molar refractivity (Wildman–Crippen MR) is 108 cm³/mol. The third-order valence-corrected chi connectivity index (χ3v) is 4.83. The summed E-state index contributed by atoms with van der Waals surface area (Å²) in [4.78, 5) is 24.5. The molecule has 0 unspecified atom stereocenters. The molecule has 28 heavy (non-hydrogen) atoms. The number of rotatable bonds is 9. The maximum absolute atomic E-state index is 12.4. The lowest BCUT2D eigenvalue weighted by Gasteiger charge is -2.16. The number of hydrogen-bond acceptors (Lipinski definition) is 5. The molecule has 0 spiro atoms. The fourth-order valence-electron chi connectivity index (χ4n) is 3.20. The second kappa shape index (κ2) is 11.8. The van der Waals surface area contributed by atoms with E-state index < -0.39 is 5.97 Å². The van der Waals surface area contributed by atoms with E-state index in [1.54, 1.807) is 0 Å². The Kier molecular flexibility index (Phi) is 9.41. The van der Waals surface area contributed by atoms with Gasteiger partial charge in [0.2, 0.25) is 0 Å². The van der Waals surface area contributed by atoms with E-state index in [1.807, 2.05) is 13.8 Å². The van der Waals surface area contributed by atoms with E-state index in [4.69, 9.17) is 25.8 Å². The molecular weight excluding hydrogens is 382 g/mol. The molecule has 0 heterocycles. The highest BCUT2D eigenvalue weighted by atomic mass is 35.5. The zero-order chi connectivity index (χ0) is 20.4. The molecular formula is C21H30ClNO5. The van der Waals surface area contributed by atoms with Crippen molar-refractivity contribution in [2.75, 3.05) is 19.8 Å².